The van der Waals surface area contributed by atoms with Gasteiger partial charge in [-0.3, -0.25) is 9.78 Å². The zero-order chi connectivity index (χ0) is 20.3. The molecule has 1 unspecified atom stereocenters. The van der Waals surface area contributed by atoms with Crippen molar-refractivity contribution in [2.45, 2.75) is 46.0 Å². The van der Waals surface area contributed by atoms with Gasteiger partial charge in [0.05, 0.1) is 5.92 Å². The molecule has 1 amide bonds. The van der Waals surface area contributed by atoms with Gasteiger partial charge in [-0.05, 0) is 65.8 Å². The third-order valence-electron chi connectivity index (χ3n) is 5.01. The van der Waals surface area contributed by atoms with Crippen LogP contribution in [0.1, 0.15) is 50.4 Å². The van der Waals surface area contributed by atoms with Gasteiger partial charge in [0.25, 0.3) is 0 Å². The molecule has 3 aromatic rings. The Hall–Kier alpha value is -2.94. The van der Waals surface area contributed by atoms with Crippen molar-refractivity contribution >= 4 is 11.6 Å². The average molecular weight is 373 g/mol. The maximum absolute atomic E-state index is 12.9. The number of amides is 1. The third-order valence-corrected chi connectivity index (χ3v) is 5.01. The molecule has 0 radical (unpaired) electrons. The van der Waals surface area contributed by atoms with Crippen LogP contribution in [0.2, 0.25) is 0 Å². The van der Waals surface area contributed by atoms with Gasteiger partial charge in [0.2, 0.25) is 5.91 Å². The van der Waals surface area contributed by atoms with Crippen molar-refractivity contribution in [3.8, 4) is 11.1 Å². The number of hydrogen-bond donors (Lipinski definition) is 1. The molecule has 1 N–H and O–H groups in total. The lowest BCUT2D eigenvalue weighted by Crippen LogP contribution is -2.23. The van der Waals surface area contributed by atoms with E-state index in [0.717, 1.165) is 28.1 Å². The van der Waals surface area contributed by atoms with E-state index < -0.39 is 0 Å². The standard InChI is InChI=1S/C25H28N2O/c1-17-16-20(14-15-26-17)19-10-12-21(13-11-19)27-24(28)18(2)22-8-6-7-9-23(22)25(3,4)5/h6-16,18H,1-5H3,(H,27,28). The van der Waals surface area contributed by atoms with Gasteiger partial charge in [-0.2, -0.15) is 0 Å². The second-order valence-electron chi connectivity index (χ2n) is 8.31. The molecule has 1 atom stereocenters. The summed E-state index contributed by atoms with van der Waals surface area (Å²) in [6.45, 7) is 10.5. The van der Waals surface area contributed by atoms with Crippen LogP contribution in [0.5, 0.6) is 0 Å². The van der Waals surface area contributed by atoms with E-state index >= 15 is 0 Å². The van der Waals surface area contributed by atoms with E-state index in [2.05, 4.69) is 49.3 Å². The Morgan fingerprint density at radius 1 is 0.964 bits per heavy atom. The number of nitrogens with one attached hydrogen (secondary N) is 1. The van der Waals surface area contributed by atoms with E-state index in [-0.39, 0.29) is 17.2 Å². The predicted molar refractivity (Wildman–Crippen MR) is 117 cm³/mol. The van der Waals surface area contributed by atoms with E-state index in [1.165, 1.54) is 5.56 Å². The molecule has 3 rings (SSSR count). The van der Waals surface area contributed by atoms with E-state index in [0.29, 0.717) is 0 Å². The highest BCUT2D eigenvalue weighted by atomic mass is 16.1. The number of aryl methyl sites for hydroxylation is 1. The molecular formula is C25H28N2O. The Morgan fingerprint density at radius 2 is 1.64 bits per heavy atom. The monoisotopic (exact) mass is 372 g/mol. The van der Waals surface area contributed by atoms with Gasteiger partial charge in [-0.15, -0.1) is 0 Å². The Labute approximate surface area is 167 Å². The smallest absolute Gasteiger partial charge is 0.231 e. The zero-order valence-electron chi connectivity index (χ0n) is 17.3. The SMILES string of the molecule is Cc1cc(-c2ccc(NC(=O)C(C)c3ccccc3C(C)(C)C)cc2)ccn1. The van der Waals surface area contributed by atoms with E-state index in [9.17, 15) is 4.79 Å². The lowest BCUT2D eigenvalue weighted by molar-refractivity contribution is -0.117. The lowest BCUT2D eigenvalue weighted by atomic mass is 9.80. The van der Waals surface area contributed by atoms with Crippen molar-refractivity contribution in [1.29, 1.82) is 0 Å². The van der Waals surface area contributed by atoms with E-state index in [1.54, 1.807) is 0 Å². The van der Waals surface area contributed by atoms with Crippen molar-refractivity contribution in [1.82, 2.24) is 4.98 Å². The lowest BCUT2D eigenvalue weighted by Gasteiger charge is -2.25. The highest BCUT2D eigenvalue weighted by molar-refractivity contribution is 5.96. The number of aromatic nitrogens is 1. The van der Waals surface area contributed by atoms with Crippen molar-refractivity contribution in [3.63, 3.8) is 0 Å². The largest absolute Gasteiger partial charge is 0.326 e. The molecule has 0 saturated heterocycles. The maximum atomic E-state index is 12.9. The second kappa shape index (κ2) is 7.97. The van der Waals surface area contributed by atoms with Gasteiger partial charge in [-0.1, -0.05) is 57.2 Å². The fraction of sp³-hybridized carbons (Fsp3) is 0.280. The summed E-state index contributed by atoms with van der Waals surface area (Å²) < 4.78 is 0. The van der Waals surface area contributed by atoms with Crippen LogP contribution in [-0.4, -0.2) is 10.9 Å². The van der Waals surface area contributed by atoms with Crippen molar-refractivity contribution < 1.29 is 4.79 Å². The van der Waals surface area contributed by atoms with Crippen molar-refractivity contribution in [2.75, 3.05) is 5.32 Å². The molecule has 28 heavy (non-hydrogen) atoms. The first-order valence-electron chi connectivity index (χ1n) is 9.69. The number of carbonyl (C=O) groups excluding carboxylic acids is 1. The van der Waals surface area contributed by atoms with Crippen LogP contribution >= 0.6 is 0 Å². The summed E-state index contributed by atoms with van der Waals surface area (Å²) in [7, 11) is 0. The van der Waals surface area contributed by atoms with Gasteiger partial charge < -0.3 is 5.32 Å². The Bertz CT molecular complexity index is 968. The molecule has 0 aliphatic carbocycles. The zero-order valence-corrected chi connectivity index (χ0v) is 17.3. The summed E-state index contributed by atoms with van der Waals surface area (Å²) in [6.07, 6.45) is 1.81. The number of nitrogens with zero attached hydrogens (tertiary/aromatic N) is 1. The third kappa shape index (κ3) is 4.48. The first kappa shape index (κ1) is 19.8. The summed E-state index contributed by atoms with van der Waals surface area (Å²) in [5.41, 5.74) is 6.31. The predicted octanol–water partition coefficient (Wildman–Crippen LogP) is 6.10. The summed E-state index contributed by atoms with van der Waals surface area (Å²) in [6, 6.07) is 20.2. The summed E-state index contributed by atoms with van der Waals surface area (Å²) in [5, 5.41) is 3.06. The molecule has 0 spiro atoms. The minimum atomic E-state index is -0.224. The minimum absolute atomic E-state index is 0.00389. The Morgan fingerprint density at radius 3 is 2.29 bits per heavy atom. The topological polar surface area (TPSA) is 42.0 Å². The molecule has 1 aromatic heterocycles. The van der Waals surface area contributed by atoms with Crippen molar-refractivity contribution in [3.05, 3.63) is 83.7 Å². The fourth-order valence-electron chi connectivity index (χ4n) is 3.42. The van der Waals surface area contributed by atoms with Gasteiger partial charge in [-0.25, -0.2) is 0 Å². The molecule has 3 heteroatoms. The van der Waals surface area contributed by atoms with Crippen LogP contribution in [0.15, 0.2) is 66.9 Å². The maximum Gasteiger partial charge on any atom is 0.231 e. The number of benzene rings is 2. The first-order chi connectivity index (χ1) is 13.3. The normalized spacial score (nSPS) is 12.5. The van der Waals surface area contributed by atoms with Crippen molar-refractivity contribution in [2.24, 2.45) is 0 Å². The minimum Gasteiger partial charge on any atom is -0.326 e. The Balaban J connectivity index is 1.77. The summed E-state index contributed by atoms with van der Waals surface area (Å²) in [5.74, 6) is -0.220. The summed E-state index contributed by atoms with van der Waals surface area (Å²) in [4.78, 5) is 17.1. The molecule has 0 saturated carbocycles. The molecule has 1 heterocycles. The number of carbonyl (C=O) groups is 1. The molecule has 2 aromatic carbocycles. The molecular weight excluding hydrogens is 344 g/mol. The molecule has 144 valence electrons. The second-order valence-corrected chi connectivity index (χ2v) is 8.31. The van der Waals surface area contributed by atoms with E-state index in [4.69, 9.17) is 0 Å². The Kier molecular flexibility index (Phi) is 5.64. The van der Waals surface area contributed by atoms with Crippen LogP contribution in [0.3, 0.4) is 0 Å². The number of rotatable bonds is 4. The fourth-order valence-corrected chi connectivity index (χ4v) is 3.42. The van der Waals surface area contributed by atoms with Gasteiger partial charge in [0.1, 0.15) is 0 Å². The average Bonchev–Trinajstić information content (AvgIpc) is 2.67. The van der Waals surface area contributed by atoms with Crippen LogP contribution in [-0.2, 0) is 10.2 Å². The van der Waals surface area contributed by atoms with Crippen LogP contribution in [0.4, 0.5) is 5.69 Å². The van der Waals surface area contributed by atoms with Crippen LogP contribution in [0.25, 0.3) is 11.1 Å². The number of pyridine rings is 1. The van der Waals surface area contributed by atoms with Gasteiger partial charge in [0.15, 0.2) is 0 Å². The molecule has 0 aliphatic heterocycles. The molecule has 0 bridgehead atoms. The number of anilines is 1. The molecule has 0 aliphatic rings. The first-order valence-corrected chi connectivity index (χ1v) is 9.69. The summed E-state index contributed by atoms with van der Waals surface area (Å²) >= 11 is 0. The van der Waals surface area contributed by atoms with Crippen LogP contribution in [0, 0.1) is 6.92 Å². The molecule has 0 fully saturated rings. The van der Waals surface area contributed by atoms with Gasteiger partial charge in [0, 0.05) is 17.6 Å². The highest BCUT2D eigenvalue weighted by Gasteiger charge is 2.24. The van der Waals surface area contributed by atoms with Crippen LogP contribution < -0.4 is 5.32 Å². The van der Waals surface area contributed by atoms with Gasteiger partial charge >= 0.3 is 0 Å². The molecule has 3 nitrogen and oxygen atoms in total. The quantitative estimate of drug-likeness (QED) is 0.601. The number of hydrogen-bond acceptors (Lipinski definition) is 2. The van der Waals surface area contributed by atoms with E-state index in [1.807, 2.05) is 62.5 Å². The highest BCUT2D eigenvalue weighted by Crippen LogP contribution is 2.31.